The number of nitrogens with zero attached hydrogens (tertiary/aromatic N) is 2. The Labute approximate surface area is 185 Å². The zero-order valence-electron chi connectivity index (χ0n) is 17.1. The zero-order valence-corrected chi connectivity index (χ0v) is 17.1. The van der Waals surface area contributed by atoms with Gasteiger partial charge in [-0.3, -0.25) is 9.88 Å². The van der Waals surface area contributed by atoms with Crippen LogP contribution >= 0.6 is 0 Å². The maximum absolute atomic E-state index is 12.8. The van der Waals surface area contributed by atoms with E-state index < -0.39 is 12.0 Å². The molecule has 0 spiro atoms. The van der Waals surface area contributed by atoms with Crippen LogP contribution in [0.1, 0.15) is 11.1 Å². The van der Waals surface area contributed by atoms with Crippen molar-refractivity contribution in [1.29, 1.82) is 0 Å². The van der Waals surface area contributed by atoms with E-state index in [4.69, 9.17) is 9.15 Å². The molecule has 1 aliphatic rings. The minimum atomic E-state index is -4.78. The molecule has 2 aromatic carbocycles. The van der Waals surface area contributed by atoms with Crippen LogP contribution in [0.4, 0.5) is 13.2 Å². The molecule has 0 saturated heterocycles. The van der Waals surface area contributed by atoms with Gasteiger partial charge in [0.15, 0.2) is 0 Å². The van der Waals surface area contributed by atoms with Crippen LogP contribution in [0.15, 0.2) is 76.2 Å². The van der Waals surface area contributed by atoms with Crippen LogP contribution < -0.4 is 15.1 Å². The summed E-state index contributed by atoms with van der Waals surface area (Å²) in [7, 11) is 0. The molecule has 0 amide bonds. The molecule has 0 N–H and O–H groups in total. The molecule has 0 bridgehead atoms. The normalized spacial score (nSPS) is 14.0. The summed E-state index contributed by atoms with van der Waals surface area (Å²) in [5, 5.41) is 0.686. The van der Waals surface area contributed by atoms with Crippen molar-refractivity contribution in [2.24, 2.45) is 0 Å². The Morgan fingerprint density at radius 3 is 2.64 bits per heavy atom. The van der Waals surface area contributed by atoms with Crippen molar-refractivity contribution in [3.8, 4) is 22.6 Å². The van der Waals surface area contributed by atoms with Crippen molar-refractivity contribution in [2.75, 3.05) is 6.73 Å². The molecular weight excluding hydrogens is 437 g/mol. The summed E-state index contributed by atoms with van der Waals surface area (Å²) in [5.74, 6) is 0.283. The molecule has 0 saturated carbocycles. The third kappa shape index (κ3) is 4.54. The van der Waals surface area contributed by atoms with Crippen molar-refractivity contribution in [3.05, 3.63) is 88.5 Å². The molecule has 33 heavy (non-hydrogen) atoms. The smallest absolute Gasteiger partial charge is 0.478 e. The van der Waals surface area contributed by atoms with E-state index in [1.54, 1.807) is 24.5 Å². The fourth-order valence-electron chi connectivity index (χ4n) is 3.83. The second-order valence-corrected chi connectivity index (χ2v) is 7.60. The minimum absolute atomic E-state index is 0.241. The van der Waals surface area contributed by atoms with Gasteiger partial charge in [0.25, 0.3) is 0 Å². The Kier molecular flexibility index (Phi) is 5.26. The summed E-state index contributed by atoms with van der Waals surface area (Å²) >= 11 is 0. The molecule has 0 unspecified atom stereocenters. The standard InChI is InChI=1S/C24H17F3N2O4/c25-24(26,27)33-18-6-3-16(4-7-18)19-10-17-5-8-21-20(22(17)32-23(19)30)13-29(14-31-21)12-15-2-1-9-28-11-15/h1-11H,12-14H2. The molecule has 168 valence electrons. The van der Waals surface area contributed by atoms with Crippen LogP contribution in [0, 0.1) is 0 Å². The number of rotatable bonds is 4. The van der Waals surface area contributed by atoms with Gasteiger partial charge in [0.05, 0.1) is 11.1 Å². The summed E-state index contributed by atoms with van der Waals surface area (Å²) in [4.78, 5) is 19.0. The number of alkyl halides is 3. The van der Waals surface area contributed by atoms with Gasteiger partial charge in [-0.2, -0.15) is 0 Å². The quantitative estimate of drug-likeness (QED) is 0.400. The first-order valence-electron chi connectivity index (χ1n) is 10.1. The first-order chi connectivity index (χ1) is 15.9. The molecule has 3 heterocycles. The van der Waals surface area contributed by atoms with Crippen molar-refractivity contribution >= 4 is 11.0 Å². The topological polar surface area (TPSA) is 64.8 Å². The third-order valence-corrected chi connectivity index (χ3v) is 5.27. The van der Waals surface area contributed by atoms with Gasteiger partial charge in [0.2, 0.25) is 0 Å². The lowest BCUT2D eigenvalue weighted by molar-refractivity contribution is -0.274. The molecular formula is C24H17F3N2O4. The van der Waals surface area contributed by atoms with E-state index in [9.17, 15) is 18.0 Å². The van der Waals surface area contributed by atoms with Crippen molar-refractivity contribution in [1.82, 2.24) is 9.88 Å². The number of hydrogen-bond donors (Lipinski definition) is 0. The third-order valence-electron chi connectivity index (χ3n) is 5.27. The predicted octanol–water partition coefficient (Wildman–Crippen LogP) is 5.11. The van der Waals surface area contributed by atoms with Crippen LogP contribution in [0.2, 0.25) is 0 Å². The second kappa shape index (κ2) is 8.25. The summed E-state index contributed by atoms with van der Waals surface area (Å²) < 4.78 is 52.6. The first-order valence-corrected chi connectivity index (χ1v) is 10.1. The molecule has 0 atom stereocenters. The lowest BCUT2D eigenvalue weighted by Gasteiger charge is -2.29. The molecule has 6 nitrogen and oxygen atoms in total. The van der Waals surface area contributed by atoms with Crippen LogP contribution in [-0.2, 0) is 13.1 Å². The average molecular weight is 454 g/mol. The number of halogens is 3. The Morgan fingerprint density at radius 1 is 1.09 bits per heavy atom. The van der Waals surface area contributed by atoms with E-state index in [1.165, 1.54) is 12.1 Å². The highest BCUT2D eigenvalue weighted by Crippen LogP contribution is 2.34. The number of hydrogen-bond acceptors (Lipinski definition) is 6. The summed E-state index contributed by atoms with van der Waals surface area (Å²) in [6.45, 7) is 1.54. The Bertz CT molecular complexity index is 1350. The van der Waals surface area contributed by atoms with Gasteiger partial charge in [0, 0.05) is 30.9 Å². The molecule has 9 heteroatoms. The maximum Gasteiger partial charge on any atom is 0.573 e. The van der Waals surface area contributed by atoms with Gasteiger partial charge in [-0.25, -0.2) is 4.79 Å². The number of pyridine rings is 1. The predicted molar refractivity (Wildman–Crippen MR) is 114 cm³/mol. The molecule has 0 aliphatic carbocycles. The lowest BCUT2D eigenvalue weighted by atomic mass is 10.0. The Morgan fingerprint density at radius 2 is 1.91 bits per heavy atom. The molecule has 5 rings (SSSR count). The van der Waals surface area contributed by atoms with E-state index in [0.29, 0.717) is 42.1 Å². The molecule has 2 aromatic heterocycles. The van der Waals surface area contributed by atoms with Gasteiger partial charge in [-0.1, -0.05) is 18.2 Å². The fraction of sp³-hybridized carbons (Fsp3) is 0.167. The number of aromatic nitrogens is 1. The summed E-state index contributed by atoms with van der Waals surface area (Å²) in [6.07, 6.45) is -1.28. The highest BCUT2D eigenvalue weighted by Gasteiger charge is 2.31. The second-order valence-electron chi connectivity index (χ2n) is 7.60. The van der Waals surface area contributed by atoms with E-state index in [1.807, 2.05) is 18.2 Å². The van der Waals surface area contributed by atoms with Gasteiger partial charge in [-0.05, 0) is 47.5 Å². The molecule has 0 fully saturated rings. The van der Waals surface area contributed by atoms with E-state index in [-0.39, 0.29) is 11.3 Å². The highest BCUT2D eigenvalue weighted by atomic mass is 19.4. The Balaban J connectivity index is 1.46. The van der Waals surface area contributed by atoms with Gasteiger partial charge >= 0.3 is 12.0 Å². The van der Waals surface area contributed by atoms with Crippen molar-refractivity contribution in [3.63, 3.8) is 0 Å². The SMILES string of the molecule is O=c1oc2c3c(ccc2cc1-c1ccc(OC(F)(F)F)cc1)OCN(Cc1cccnc1)C3. The van der Waals surface area contributed by atoms with Crippen molar-refractivity contribution in [2.45, 2.75) is 19.5 Å². The molecule has 4 aromatic rings. The van der Waals surface area contributed by atoms with Crippen LogP contribution in [0.5, 0.6) is 11.5 Å². The summed E-state index contributed by atoms with van der Waals surface area (Å²) in [6, 6.07) is 14.2. The molecule has 1 aliphatic heterocycles. The van der Waals surface area contributed by atoms with Crippen molar-refractivity contribution < 1.29 is 27.1 Å². The van der Waals surface area contributed by atoms with Crippen LogP contribution in [-0.4, -0.2) is 23.0 Å². The lowest BCUT2D eigenvalue weighted by Crippen LogP contribution is -2.31. The number of ether oxygens (including phenoxy) is 2. The summed E-state index contributed by atoms with van der Waals surface area (Å²) in [5.41, 5.74) is 2.29. The van der Waals surface area contributed by atoms with E-state index in [2.05, 4.69) is 14.6 Å². The first kappa shape index (κ1) is 21.0. The van der Waals surface area contributed by atoms with Gasteiger partial charge in [-0.15, -0.1) is 13.2 Å². The fourth-order valence-corrected chi connectivity index (χ4v) is 3.83. The zero-order chi connectivity index (χ0) is 23.0. The van der Waals surface area contributed by atoms with Gasteiger partial charge < -0.3 is 13.9 Å². The Hall–Kier alpha value is -3.85. The maximum atomic E-state index is 12.8. The average Bonchev–Trinajstić information content (AvgIpc) is 2.79. The number of fused-ring (bicyclic) bond motifs is 3. The number of benzene rings is 2. The van der Waals surface area contributed by atoms with Crippen LogP contribution in [0.3, 0.4) is 0 Å². The minimum Gasteiger partial charge on any atom is -0.478 e. The van der Waals surface area contributed by atoms with E-state index >= 15 is 0 Å². The van der Waals surface area contributed by atoms with Gasteiger partial charge in [0.1, 0.15) is 23.8 Å². The monoisotopic (exact) mass is 454 g/mol. The van der Waals surface area contributed by atoms with Crippen LogP contribution in [0.25, 0.3) is 22.1 Å². The van der Waals surface area contributed by atoms with E-state index in [0.717, 1.165) is 23.3 Å². The molecule has 0 radical (unpaired) electrons. The largest absolute Gasteiger partial charge is 0.573 e. The highest BCUT2D eigenvalue weighted by molar-refractivity contribution is 5.86.